The average molecular weight is 439 g/mol. The van der Waals surface area contributed by atoms with Gasteiger partial charge in [-0.3, -0.25) is 0 Å². The van der Waals surface area contributed by atoms with Crippen LogP contribution in [0.3, 0.4) is 0 Å². The van der Waals surface area contributed by atoms with E-state index in [-0.39, 0.29) is 17.4 Å². The fraction of sp³-hybridized carbons (Fsp3) is 0.519. The smallest absolute Gasteiger partial charge is 0.331 e. The minimum Gasteiger partial charge on any atom is -0.489 e. The molecular weight excluding hydrogens is 404 g/mol. The lowest BCUT2D eigenvalue weighted by atomic mass is 9.63. The van der Waals surface area contributed by atoms with Crippen LogP contribution in [0.1, 0.15) is 62.8 Å². The number of carbonyl (C=O) groups is 1. The number of hydrogen-bond donors (Lipinski definition) is 0. The molecule has 1 saturated heterocycles. The number of esters is 1. The van der Waals surface area contributed by atoms with Gasteiger partial charge in [0.25, 0.3) is 0 Å². The second-order valence-corrected chi connectivity index (χ2v) is 10.3. The molecule has 0 saturated carbocycles. The molecule has 5 nitrogen and oxygen atoms in total. The van der Waals surface area contributed by atoms with Gasteiger partial charge in [-0.2, -0.15) is 0 Å². The molecule has 2 aliphatic rings. The monoisotopic (exact) mass is 438 g/mol. The van der Waals surface area contributed by atoms with Crippen LogP contribution in [0.15, 0.2) is 42.5 Å². The predicted octanol–water partition coefficient (Wildman–Crippen LogP) is 5.03. The Hall–Kier alpha value is -2.37. The van der Waals surface area contributed by atoms with Crippen molar-refractivity contribution in [3.05, 3.63) is 64.7 Å². The molecule has 172 valence electrons. The molecule has 0 amide bonds. The highest BCUT2D eigenvalue weighted by atomic mass is 16.6. The highest BCUT2D eigenvalue weighted by Crippen LogP contribution is 2.46. The van der Waals surface area contributed by atoms with Gasteiger partial charge in [-0.1, -0.05) is 58.0 Å². The summed E-state index contributed by atoms with van der Waals surface area (Å²) in [5.41, 5.74) is 4.87. The summed E-state index contributed by atoms with van der Waals surface area (Å²) in [7, 11) is 1.35. The highest BCUT2D eigenvalue weighted by molar-refractivity contribution is 5.70. The lowest BCUT2D eigenvalue weighted by Crippen LogP contribution is -2.49. The van der Waals surface area contributed by atoms with Crippen LogP contribution < -0.4 is 4.74 Å². The van der Waals surface area contributed by atoms with Crippen molar-refractivity contribution in [2.24, 2.45) is 0 Å². The maximum atomic E-state index is 11.5. The Morgan fingerprint density at radius 1 is 0.938 bits per heavy atom. The summed E-state index contributed by atoms with van der Waals surface area (Å²) in [6.07, 6.45) is 2.41. The number of benzene rings is 2. The molecule has 0 N–H and O–H groups in total. The number of methoxy groups -OCH3 is 1. The largest absolute Gasteiger partial charge is 0.489 e. The van der Waals surface area contributed by atoms with Crippen molar-refractivity contribution in [2.75, 3.05) is 26.9 Å². The molecule has 5 heteroatoms. The van der Waals surface area contributed by atoms with E-state index in [1.807, 2.05) is 24.3 Å². The molecule has 0 unspecified atom stereocenters. The standard InChI is InChI=1S/C27H34O5/c1-25(2)12-13-26(3,4)23-14-19(6-11-22(23)25)15-31-21-9-7-20(8-10-21)27(17-30-18-27)32-16-24(28)29-5/h6-11,14H,12-13,15-18H2,1-5H3. The number of hydrogen-bond acceptors (Lipinski definition) is 5. The minimum atomic E-state index is -0.594. The molecule has 2 aromatic carbocycles. The quantitative estimate of drug-likeness (QED) is 0.568. The Bertz CT molecular complexity index is 970. The van der Waals surface area contributed by atoms with Crippen LogP contribution in [0.4, 0.5) is 0 Å². The molecule has 0 radical (unpaired) electrons. The van der Waals surface area contributed by atoms with Crippen LogP contribution in [-0.4, -0.2) is 32.9 Å². The van der Waals surface area contributed by atoms with E-state index in [1.165, 1.54) is 36.6 Å². The number of ether oxygens (including phenoxy) is 4. The fourth-order valence-electron chi connectivity index (χ4n) is 4.62. The lowest BCUT2D eigenvalue weighted by Gasteiger charge is -2.42. The Labute approximate surface area is 191 Å². The molecule has 0 bridgehead atoms. The van der Waals surface area contributed by atoms with Gasteiger partial charge in [-0.15, -0.1) is 0 Å². The molecule has 32 heavy (non-hydrogen) atoms. The zero-order chi connectivity index (χ0) is 23.0. The predicted molar refractivity (Wildman–Crippen MR) is 123 cm³/mol. The summed E-state index contributed by atoms with van der Waals surface area (Å²) in [5.74, 6) is 0.405. The topological polar surface area (TPSA) is 54.0 Å². The van der Waals surface area contributed by atoms with E-state index in [0.717, 1.165) is 11.3 Å². The molecule has 1 aliphatic heterocycles. The molecular formula is C27H34O5. The number of fused-ring (bicyclic) bond motifs is 1. The highest BCUT2D eigenvalue weighted by Gasteiger charge is 2.42. The number of carbonyl (C=O) groups excluding carboxylic acids is 1. The molecule has 0 aromatic heterocycles. The van der Waals surface area contributed by atoms with Gasteiger partial charge < -0.3 is 18.9 Å². The third kappa shape index (κ3) is 4.41. The Kier molecular flexibility index (Phi) is 6.08. The van der Waals surface area contributed by atoms with Gasteiger partial charge in [0.1, 0.15) is 24.6 Å². The summed E-state index contributed by atoms with van der Waals surface area (Å²) in [4.78, 5) is 11.5. The second kappa shape index (κ2) is 8.53. The fourth-order valence-corrected chi connectivity index (χ4v) is 4.62. The summed E-state index contributed by atoms with van der Waals surface area (Å²) in [5, 5.41) is 0. The van der Waals surface area contributed by atoms with Gasteiger partial charge in [0.05, 0.1) is 20.3 Å². The Morgan fingerprint density at radius 3 is 2.19 bits per heavy atom. The van der Waals surface area contributed by atoms with Gasteiger partial charge in [0, 0.05) is 0 Å². The van der Waals surface area contributed by atoms with Crippen LogP contribution in [0.5, 0.6) is 5.75 Å². The molecule has 1 aliphatic carbocycles. The third-order valence-corrected chi connectivity index (χ3v) is 7.07. The number of rotatable bonds is 7. The zero-order valence-electron chi connectivity index (χ0n) is 19.8. The van der Waals surface area contributed by atoms with E-state index in [1.54, 1.807) is 0 Å². The van der Waals surface area contributed by atoms with Gasteiger partial charge in [-0.05, 0) is 58.1 Å². The normalized spacial score (nSPS) is 20.0. The van der Waals surface area contributed by atoms with Crippen molar-refractivity contribution in [3.8, 4) is 5.75 Å². The van der Waals surface area contributed by atoms with Crippen molar-refractivity contribution in [1.29, 1.82) is 0 Å². The maximum absolute atomic E-state index is 11.5. The van der Waals surface area contributed by atoms with Crippen LogP contribution in [0, 0.1) is 0 Å². The summed E-state index contributed by atoms with van der Waals surface area (Å²) in [6, 6.07) is 14.7. The first kappa shape index (κ1) is 22.8. The van der Waals surface area contributed by atoms with Gasteiger partial charge in [-0.25, -0.2) is 4.79 Å². The Balaban J connectivity index is 1.43. The summed E-state index contributed by atoms with van der Waals surface area (Å²) in [6.45, 7) is 10.6. The van der Waals surface area contributed by atoms with Crippen molar-refractivity contribution in [1.82, 2.24) is 0 Å². The van der Waals surface area contributed by atoms with Crippen LogP contribution >= 0.6 is 0 Å². The van der Waals surface area contributed by atoms with Crippen LogP contribution in [-0.2, 0) is 42.0 Å². The van der Waals surface area contributed by atoms with Gasteiger partial charge >= 0.3 is 5.97 Å². The van der Waals surface area contributed by atoms with Crippen LogP contribution in [0.2, 0.25) is 0 Å². The molecule has 1 heterocycles. The first-order valence-corrected chi connectivity index (χ1v) is 11.3. The van der Waals surface area contributed by atoms with E-state index in [4.69, 9.17) is 14.2 Å². The third-order valence-electron chi connectivity index (χ3n) is 7.07. The van der Waals surface area contributed by atoms with E-state index < -0.39 is 11.6 Å². The first-order valence-electron chi connectivity index (χ1n) is 11.3. The van der Waals surface area contributed by atoms with E-state index >= 15 is 0 Å². The summed E-state index contributed by atoms with van der Waals surface area (Å²) < 4.78 is 22.0. The second-order valence-electron chi connectivity index (χ2n) is 10.3. The zero-order valence-corrected chi connectivity index (χ0v) is 19.8. The van der Waals surface area contributed by atoms with Gasteiger partial charge in [0.2, 0.25) is 0 Å². The average Bonchev–Trinajstić information content (AvgIpc) is 2.75. The molecule has 4 rings (SSSR count). The molecule has 0 spiro atoms. The molecule has 0 atom stereocenters. The van der Waals surface area contributed by atoms with E-state index in [9.17, 15) is 4.79 Å². The Morgan fingerprint density at radius 2 is 1.59 bits per heavy atom. The van der Waals surface area contributed by atoms with E-state index in [2.05, 4.69) is 50.6 Å². The maximum Gasteiger partial charge on any atom is 0.331 e. The minimum absolute atomic E-state index is 0.0937. The van der Waals surface area contributed by atoms with Crippen LogP contribution in [0.25, 0.3) is 0 Å². The first-order chi connectivity index (χ1) is 15.2. The van der Waals surface area contributed by atoms with Crippen molar-refractivity contribution in [2.45, 2.75) is 63.6 Å². The van der Waals surface area contributed by atoms with E-state index in [0.29, 0.717) is 19.8 Å². The van der Waals surface area contributed by atoms with Crippen molar-refractivity contribution >= 4 is 5.97 Å². The SMILES string of the molecule is COC(=O)COC1(c2ccc(OCc3ccc4c(c3)C(C)(C)CCC4(C)C)cc2)COC1. The molecule has 2 aromatic rings. The van der Waals surface area contributed by atoms with Gasteiger partial charge in [0.15, 0.2) is 0 Å². The van der Waals surface area contributed by atoms with Crippen molar-refractivity contribution < 1.29 is 23.7 Å². The molecule has 1 fully saturated rings. The van der Waals surface area contributed by atoms with Crippen molar-refractivity contribution in [3.63, 3.8) is 0 Å². The lowest BCUT2D eigenvalue weighted by molar-refractivity contribution is -0.220. The summed E-state index contributed by atoms with van der Waals surface area (Å²) >= 11 is 0.